The number of likely N-dealkylation sites (tertiary alicyclic amines) is 1. The average molecular weight is 444 g/mol. The predicted octanol–water partition coefficient (Wildman–Crippen LogP) is 4.72. The van der Waals surface area contributed by atoms with Crippen molar-refractivity contribution in [2.24, 2.45) is 5.41 Å². The highest BCUT2D eigenvalue weighted by atomic mass is 16.5. The van der Waals surface area contributed by atoms with Crippen LogP contribution < -0.4 is 10.1 Å². The fourth-order valence-corrected chi connectivity index (χ4v) is 4.85. The third-order valence-corrected chi connectivity index (χ3v) is 6.71. The number of carbonyl (C=O) groups is 1. The van der Waals surface area contributed by atoms with Gasteiger partial charge in [0, 0.05) is 25.5 Å². The molecule has 0 aliphatic carbocycles. The molecule has 3 aromatic rings. The Hall–Kier alpha value is -3.18. The molecule has 0 bridgehead atoms. The number of piperidine rings is 1. The van der Waals surface area contributed by atoms with E-state index in [4.69, 9.17) is 4.74 Å². The first-order valence-corrected chi connectivity index (χ1v) is 11.8. The van der Waals surface area contributed by atoms with Gasteiger partial charge in [0.25, 0.3) is 0 Å². The van der Waals surface area contributed by atoms with Crippen molar-refractivity contribution >= 4 is 5.91 Å². The second-order valence-corrected chi connectivity index (χ2v) is 8.84. The molecule has 4 rings (SSSR count). The van der Waals surface area contributed by atoms with Crippen molar-refractivity contribution in [1.82, 2.24) is 15.2 Å². The van der Waals surface area contributed by atoms with Gasteiger partial charge >= 0.3 is 0 Å². The number of pyridine rings is 1. The van der Waals surface area contributed by atoms with Crippen LogP contribution in [0.4, 0.5) is 0 Å². The normalized spacial score (nSPS) is 15.7. The molecule has 33 heavy (non-hydrogen) atoms. The number of ether oxygens (including phenoxy) is 1. The molecule has 1 aromatic heterocycles. The van der Waals surface area contributed by atoms with Crippen molar-refractivity contribution in [1.29, 1.82) is 0 Å². The van der Waals surface area contributed by atoms with Crippen LogP contribution in [0, 0.1) is 5.41 Å². The van der Waals surface area contributed by atoms with E-state index in [9.17, 15) is 4.79 Å². The largest absolute Gasteiger partial charge is 0.497 e. The summed E-state index contributed by atoms with van der Waals surface area (Å²) >= 11 is 0. The van der Waals surface area contributed by atoms with Crippen LogP contribution in [-0.4, -0.2) is 42.5 Å². The number of aromatic nitrogens is 1. The number of benzene rings is 2. The second-order valence-electron chi connectivity index (χ2n) is 8.84. The van der Waals surface area contributed by atoms with Gasteiger partial charge in [-0.15, -0.1) is 0 Å². The van der Waals surface area contributed by atoms with Crippen LogP contribution in [0.1, 0.15) is 30.9 Å². The molecule has 5 heteroatoms. The van der Waals surface area contributed by atoms with Crippen LogP contribution in [-0.2, 0) is 17.8 Å². The van der Waals surface area contributed by atoms with Gasteiger partial charge in [0.2, 0.25) is 5.91 Å². The summed E-state index contributed by atoms with van der Waals surface area (Å²) in [5.74, 6) is 1.06. The maximum absolute atomic E-state index is 13.4. The minimum atomic E-state index is -0.399. The highest BCUT2D eigenvalue weighted by molar-refractivity contribution is 5.83. The molecule has 172 valence electrons. The Balaban J connectivity index is 1.54. The van der Waals surface area contributed by atoms with Crippen molar-refractivity contribution in [2.75, 3.05) is 26.7 Å². The number of methoxy groups -OCH3 is 1. The summed E-state index contributed by atoms with van der Waals surface area (Å²) in [5, 5.41) is 3.13. The third-order valence-electron chi connectivity index (χ3n) is 6.71. The first-order chi connectivity index (χ1) is 16.1. The molecule has 1 fully saturated rings. The summed E-state index contributed by atoms with van der Waals surface area (Å²) in [6.07, 6.45) is 6.07. The minimum absolute atomic E-state index is 0.176. The van der Waals surface area contributed by atoms with Crippen LogP contribution in [0.2, 0.25) is 0 Å². The molecular weight excluding hydrogens is 410 g/mol. The number of rotatable bonds is 8. The zero-order chi connectivity index (χ0) is 23.1. The minimum Gasteiger partial charge on any atom is -0.497 e. The smallest absolute Gasteiger partial charge is 0.226 e. The zero-order valence-electron chi connectivity index (χ0n) is 19.6. The highest BCUT2D eigenvalue weighted by Gasteiger charge is 2.41. The Morgan fingerprint density at radius 3 is 2.55 bits per heavy atom. The Morgan fingerprint density at radius 1 is 1.06 bits per heavy atom. The lowest BCUT2D eigenvalue weighted by Crippen LogP contribution is -2.49. The van der Waals surface area contributed by atoms with Crippen molar-refractivity contribution in [3.63, 3.8) is 0 Å². The molecule has 1 aliphatic heterocycles. The van der Waals surface area contributed by atoms with E-state index in [-0.39, 0.29) is 5.91 Å². The molecule has 2 heterocycles. The van der Waals surface area contributed by atoms with E-state index >= 15 is 0 Å². The Kier molecular flexibility index (Phi) is 7.40. The van der Waals surface area contributed by atoms with E-state index in [1.165, 1.54) is 16.7 Å². The topological polar surface area (TPSA) is 54.5 Å². The SMILES string of the molecule is CCNC(=O)C1(Cc2ccccc2-c2ccncc2)CCN(Cc2cccc(OC)c2)CC1. The maximum atomic E-state index is 13.4. The van der Waals surface area contributed by atoms with Crippen LogP contribution in [0.3, 0.4) is 0 Å². The molecule has 1 N–H and O–H groups in total. The molecule has 1 amide bonds. The van der Waals surface area contributed by atoms with Gasteiger partial charge in [0.15, 0.2) is 0 Å². The van der Waals surface area contributed by atoms with Gasteiger partial charge in [-0.3, -0.25) is 14.7 Å². The number of nitrogens with zero attached hydrogens (tertiary/aromatic N) is 2. The molecule has 5 nitrogen and oxygen atoms in total. The molecule has 0 atom stereocenters. The molecular formula is C28H33N3O2. The number of hydrogen-bond acceptors (Lipinski definition) is 4. The van der Waals surface area contributed by atoms with Crippen molar-refractivity contribution < 1.29 is 9.53 Å². The fourth-order valence-electron chi connectivity index (χ4n) is 4.85. The molecule has 2 aromatic carbocycles. The van der Waals surface area contributed by atoms with Gasteiger partial charge in [-0.25, -0.2) is 0 Å². The van der Waals surface area contributed by atoms with E-state index in [0.29, 0.717) is 6.54 Å². The van der Waals surface area contributed by atoms with Gasteiger partial charge < -0.3 is 10.1 Å². The van der Waals surface area contributed by atoms with Crippen LogP contribution in [0.15, 0.2) is 73.1 Å². The molecule has 0 saturated carbocycles. The standard InChI is InChI=1S/C28H33N3O2/c1-3-30-27(32)28(20-24-8-4-5-10-26(24)23-11-15-29-16-12-23)13-17-31(18-14-28)21-22-7-6-9-25(19-22)33-2/h4-12,15-16,19H,3,13-14,17-18,20-21H2,1-2H3,(H,30,32). The summed E-state index contributed by atoms with van der Waals surface area (Å²) in [7, 11) is 1.70. The van der Waals surface area contributed by atoms with Gasteiger partial charge in [0.05, 0.1) is 12.5 Å². The van der Waals surface area contributed by atoms with Crippen LogP contribution in [0.25, 0.3) is 11.1 Å². The van der Waals surface area contributed by atoms with Crippen molar-refractivity contribution in [2.45, 2.75) is 32.7 Å². The fraction of sp³-hybridized carbons (Fsp3) is 0.357. The lowest BCUT2D eigenvalue weighted by atomic mass is 9.72. The highest BCUT2D eigenvalue weighted by Crippen LogP contribution is 2.38. The monoisotopic (exact) mass is 443 g/mol. The first kappa shape index (κ1) is 23.0. The second kappa shape index (κ2) is 10.6. The van der Waals surface area contributed by atoms with Crippen molar-refractivity contribution in [3.8, 4) is 16.9 Å². The Labute approximate surface area is 196 Å². The Morgan fingerprint density at radius 2 is 1.82 bits per heavy atom. The quantitative estimate of drug-likeness (QED) is 0.547. The Bertz CT molecular complexity index is 1060. The summed E-state index contributed by atoms with van der Waals surface area (Å²) in [4.78, 5) is 20.0. The first-order valence-electron chi connectivity index (χ1n) is 11.8. The van der Waals surface area contributed by atoms with E-state index in [2.05, 4.69) is 51.6 Å². The number of carbonyl (C=O) groups excluding carboxylic acids is 1. The zero-order valence-corrected chi connectivity index (χ0v) is 19.6. The van der Waals surface area contributed by atoms with Gasteiger partial charge in [-0.05, 0) is 85.8 Å². The molecule has 0 unspecified atom stereocenters. The molecule has 1 aliphatic rings. The third kappa shape index (κ3) is 5.42. The number of nitrogens with one attached hydrogen (secondary N) is 1. The number of amides is 1. The summed E-state index contributed by atoms with van der Waals surface area (Å²) < 4.78 is 5.37. The number of hydrogen-bond donors (Lipinski definition) is 1. The lowest BCUT2D eigenvalue weighted by molar-refractivity contribution is -0.134. The van der Waals surface area contributed by atoms with E-state index in [1.807, 2.05) is 43.6 Å². The predicted molar refractivity (Wildman–Crippen MR) is 132 cm³/mol. The van der Waals surface area contributed by atoms with Gasteiger partial charge in [0.1, 0.15) is 5.75 Å². The maximum Gasteiger partial charge on any atom is 0.226 e. The van der Waals surface area contributed by atoms with Crippen molar-refractivity contribution in [3.05, 3.63) is 84.2 Å². The average Bonchev–Trinajstić information content (AvgIpc) is 2.86. The summed E-state index contributed by atoms with van der Waals surface area (Å²) in [6.45, 7) is 5.31. The molecule has 0 radical (unpaired) electrons. The van der Waals surface area contributed by atoms with Crippen LogP contribution in [0.5, 0.6) is 5.75 Å². The van der Waals surface area contributed by atoms with Crippen LogP contribution >= 0.6 is 0 Å². The molecule has 0 spiro atoms. The molecule has 1 saturated heterocycles. The van der Waals surface area contributed by atoms with Gasteiger partial charge in [-0.2, -0.15) is 0 Å². The van der Waals surface area contributed by atoms with Gasteiger partial charge in [-0.1, -0.05) is 36.4 Å². The lowest BCUT2D eigenvalue weighted by Gasteiger charge is -2.41. The summed E-state index contributed by atoms with van der Waals surface area (Å²) in [6, 6.07) is 20.8. The van der Waals surface area contributed by atoms with E-state index in [1.54, 1.807) is 7.11 Å². The van der Waals surface area contributed by atoms with E-state index in [0.717, 1.165) is 50.2 Å². The summed E-state index contributed by atoms with van der Waals surface area (Å²) in [5.41, 5.74) is 4.38. The van der Waals surface area contributed by atoms with E-state index < -0.39 is 5.41 Å².